The molecular formula is C19H17N3O2S. The highest BCUT2D eigenvalue weighted by Gasteiger charge is 2.10. The van der Waals surface area contributed by atoms with Crippen LogP contribution in [0.1, 0.15) is 23.1 Å². The van der Waals surface area contributed by atoms with Gasteiger partial charge in [-0.25, -0.2) is 9.97 Å². The summed E-state index contributed by atoms with van der Waals surface area (Å²) in [7, 11) is 0. The number of hydrogen-bond donors (Lipinski definition) is 1. The van der Waals surface area contributed by atoms with Gasteiger partial charge in [-0.1, -0.05) is 42.1 Å². The highest BCUT2D eigenvalue weighted by molar-refractivity contribution is 8.00. The number of para-hydroxylation sites is 1. The summed E-state index contributed by atoms with van der Waals surface area (Å²) < 4.78 is 0. The third-order valence-electron chi connectivity index (χ3n) is 3.57. The first kappa shape index (κ1) is 17.1. The number of thioether (sulfide) groups is 1. The van der Waals surface area contributed by atoms with Crippen LogP contribution in [0.2, 0.25) is 0 Å². The normalized spacial score (nSPS) is 10.6. The number of benzene rings is 2. The molecule has 126 valence electrons. The van der Waals surface area contributed by atoms with Gasteiger partial charge in [-0.05, 0) is 32.0 Å². The maximum atomic E-state index is 12.2. The first-order valence-electron chi connectivity index (χ1n) is 7.80. The Morgan fingerprint density at radius 3 is 2.68 bits per heavy atom. The van der Waals surface area contributed by atoms with Crippen LogP contribution in [0.5, 0.6) is 0 Å². The number of ketones is 1. The summed E-state index contributed by atoms with van der Waals surface area (Å²) in [5, 5.41) is 4.54. The summed E-state index contributed by atoms with van der Waals surface area (Å²) in [4.78, 5) is 32.5. The molecule has 1 aromatic heterocycles. The molecule has 0 fully saturated rings. The van der Waals surface area contributed by atoms with Gasteiger partial charge in [-0.2, -0.15) is 0 Å². The van der Waals surface area contributed by atoms with Crippen molar-refractivity contribution in [2.75, 3.05) is 11.1 Å². The van der Waals surface area contributed by atoms with Crippen LogP contribution in [-0.2, 0) is 4.79 Å². The van der Waals surface area contributed by atoms with Crippen molar-refractivity contribution in [3.05, 3.63) is 59.9 Å². The topological polar surface area (TPSA) is 72.0 Å². The largest absolute Gasteiger partial charge is 0.325 e. The molecule has 0 aliphatic rings. The smallest absolute Gasteiger partial charge is 0.234 e. The van der Waals surface area contributed by atoms with E-state index in [0.717, 1.165) is 15.9 Å². The van der Waals surface area contributed by atoms with Crippen molar-refractivity contribution in [1.82, 2.24) is 9.97 Å². The third kappa shape index (κ3) is 4.22. The van der Waals surface area contributed by atoms with E-state index in [1.54, 1.807) is 24.3 Å². The number of nitrogens with zero attached hydrogens (tertiary/aromatic N) is 2. The molecule has 1 amide bonds. The van der Waals surface area contributed by atoms with Gasteiger partial charge in [0.15, 0.2) is 5.78 Å². The molecule has 0 radical (unpaired) electrons. The molecule has 0 saturated heterocycles. The van der Waals surface area contributed by atoms with Crippen LogP contribution in [0.3, 0.4) is 0 Å². The lowest BCUT2D eigenvalue weighted by Crippen LogP contribution is -2.14. The minimum atomic E-state index is -0.147. The van der Waals surface area contributed by atoms with Crippen LogP contribution < -0.4 is 5.32 Å². The van der Waals surface area contributed by atoms with Crippen molar-refractivity contribution < 1.29 is 9.59 Å². The van der Waals surface area contributed by atoms with Crippen LogP contribution in [-0.4, -0.2) is 27.4 Å². The fourth-order valence-electron chi connectivity index (χ4n) is 2.42. The average Bonchev–Trinajstić information content (AvgIpc) is 2.59. The number of aromatic nitrogens is 2. The van der Waals surface area contributed by atoms with Gasteiger partial charge in [0.05, 0.1) is 11.3 Å². The summed E-state index contributed by atoms with van der Waals surface area (Å²) in [6, 6.07) is 14.7. The maximum absolute atomic E-state index is 12.2. The van der Waals surface area contributed by atoms with E-state index in [2.05, 4.69) is 15.3 Å². The number of Topliss-reactive ketones (excluding diaryl/α,β-unsaturated/α-hetero) is 1. The quantitative estimate of drug-likeness (QED) is 0.429. The van der Waals surface area contributed by atoms with Gasteiger partial charge in [-0.15, -0.1) is 0 Å². The Morgan fingerprint density at radius 1 is 1.08 bits per heavy atom. The Bertz CT molecular complexity index is 956. The van der Waals surface area contributed by atoms with E-state index in [9.17, 15) is 9.59 Å². The molecule has 0 bridgehead atoms. The van der Waals surface area contributed by atoms with Crippen molar-refractivity contribution >= 4 is 40.0 Å². The van der Waals surface area contributed by atoms with Crippen molar-refractivity contribution in [2.45, 2.75) is 18.9 Å². The number of carbonyl (C=O) groups is 2. The zero-order valence-electron chi connectivity index (χ0n) is 13.9. The lowest BCUT2D eigenvalue weighted by molar-refractivity contribution is -0.113. The second-order valence-electron chi connectivity index (χ2n) is 5.57. The summed E-state index contributed by atoms with van der Waals surface area (Å²) in [5.41, 5.74) is 2.05. The zero-order valence-corrected chi connectivity index (χ0v) is 14.8. The number of nitrogens with one attached hydrogen (secondary N) is 1. The van der Waals surface area contributed by atoms with E-state index >= 15 is 0 Å². The first-order valence-corrected chi connectivity index (χ1v) is 8.78. The Hall–Kier alpha value is -2.73. The van der Waals surface area contributed by atoms with Crippen LogP contribution in [0.4, 0.5) is 5.69 Å². The minimum Gasteiger partial charge on any atom is -0.325 e. The SMILES string of the molecule is CC(=O)c1cccc(NC(=O)CSc2nc(C)nc3ccccc23)c1. The molecule has 5 nitrogen and oxygen atoms in total. The minimum absolute atomic E-state index is 0.0339. The van der Waals surface area contributed by atoms with E-state index in [1.807, 2.05) is 31.2 Å². The molecule has 1 N–H and O–H groups in total. The van der Waals surface area contributed by atoms with E-state index in [4.69, 9.17) is 0 Å². The molecule has 3 aromatic rings. The summed E-state index contributed by atoms with van der Waals surface area (Å²) >= 11 is 1.37. The molecule has 6 heteroatoms. The molecule has 3 rings (SSSR count). The monoisotopic (exact) mass is 351 g/mol. The van der Waals surface area contributed by atoms with E-state index in [-0.39, 0.29) is 17.4 Å². The first-order chi connectivity index (χ1) is 12.0. The fourth-order valence-corrected chi connectivity index (χ4v) is 3.28. The second-order valence-corrected chi connectivity index (χ2v) is 6.53. The second kappa shape index (κ2) is 7.44. The Kier molecular flexibility index (Phi) is 5.09. The Labute approximate surface area is 149 Å². The Morgan fingerprint density at radius 2 is 1.88 bits per heavy atom. The molecular weight excluding hydrogens is 334 g/mol. The van der Waals surface area contributed by atoms with Crippen molar-refractivity contribution in [3.8, 4) is 0 Å². The van der Waals surface area contributed by atoms with Crippen molar-refractivity contribution in [3.63, 3.8) is 0 Å². The number of carbonyl (C=O) groups excluding carboxylic acids is 2. The van der Waals surface area contributed by atoms with E-state index < -0.39 is 0 Å². The molecule has 0 unspecified atom stereocenters. The van der Waals surface area contributed by atoms with E-state index in [1.165, 1.54) is 18.7 Å². The molecule has 0 saturated carbocycles. The standard InChI is InChI=1S/C19H17N3O2S/c1-12(23)14-6-5-7-15(10-14)22-18(24)11-25-19-16-8-3-4-9-17(16)20-13(2)21-19/h3-10H,11H2,1-2H3,(H,22,24). The molecule has 25 heavy (non-hydrogen) atoms. The van der Waals surface area contributed by atoms with Gasteiger partial charge >= 0.3 is 0 Å². The van der Waals surface area contributed by atoms with Gasteiger partial charge < -0.3 is 5.32 Å². The lowest BCUT2D eigenvalue weighted by atomic mass is 10.1. The Balaban J connectivity index is 1.71. The van der Waals surface area contributed by atoms with Crippen LogP contribution in [0.15, 0.2) is 53.6 Å². The van der Waals surface area contributed by atoms with Crippen LogP contribution in [0.25, 0.3) is 10.9 Å². The highest BCUT2D eigenvalue weighted by atomic mass is 32.2. The van der Waals surface area contributed by atoms with Crippen LogP contribution in [0, 0.1) is 6.92 Å². The summed E-state index contributed by atoms with van der Waals surface area (Å²) in [6.45, 7) is 3.34. The lowest BCUT2D eigenvalue weighted by Gasteiger charge is -2.08. The fraction of sp³-hybridized carbons (Fsp3) is 0.158. The van der Waals surface area contributed by atoms with Gasteiger partial charge in [0.2, 0.25) is 5.91 Å². The van der Waals surface area contributed by atoms with Gasteiger partial charge in [-0.3, -0.25) is 9.59 Å². The van der Waals surface area contributed by atoms with Crippen molar-refractivity contribution in [2.24, 2.45) is 0 Å². The number of anilines is 1. The number of aryl methyl sites for hydroxylation is 1. The number of fused-ring (bicyclic) bond motifs is 1. The molecule has 1 heterocycles. The highest BCUT2D eigenvalue weighted by Crippen LogP contribution is 2.25. The zero-order chi connectivity index (χ0) is 17.8. The average molecular weight is 351 g/mol. The molecule has 0 aliphatic heterocycles. The van der Waals surface area contributed by atoms with Gasteiger partial charge in [0.1, 0.15) is 10.9 Å². The van der Waals surface area contributed by atoms with Gasteiger partial charge in [0.25, 0.3) is 0 Å². The van der Waals surface area contributed by atoms with Crippen molar-refractivity contribution in [1.29, 1.82) is 0 Å². The van der Waals surface area contributed by atoms with Gasteiger partial charge in [0, 0.05) is 16.6 Å². The third-order valence-corrected chi connectivity index (χ3v) is 4.56. The molecule has 2 aromatic carbocycles. The molecule has 0 atom stereocenters. The summed E-state index contributed by atoms with van der Waals surface area (Å²) in [6.07, 6.45) is 0. The van der Waals surface area contributed by atoms with Crippen LogP contribution >= 0.6 is 11.8 Å². The number of rotatable bonds is 5. The van der Waals surface area contributed by atoms with E-state index in [0.29, 0.717) is 17.1 Å². The summed E-state index contributed by atoms with van der Waals surface area (Å²) in [5.74, 6) is 0.723. The predicted molar refractivity (Wildman–Crippen MR) is 100 cm³/mol. The maximum Gasteiger partial charge on any atom is 0.234 e. The predicted octanol–water partition coefficient (Wildman–Crippen LogP) is 3.87. The molecule has 0 spiro atoms. The number of amides is 1. The molecule has 0 aliphatic carbocycles. The number of hydrogen-bond acceptors (Lipinski definition) is 5.